The van der Waals surface area contributed by atoms with Crippen molar-refractivity contribution in [2.45, 2.75) is 36.9 Å². The number of imide groups is 1. The van der Waals surface area contributed by atoms with Gasteiger partial charge in [-0.1, -0.05) is 11.8 Å². The van der Waals surface area contributed by atoms with Gasteiger partial charge >= 0.3 is 5.97 Å². The molecule has 1 aromatic heterocycles. The third-order valence-electron chi connectivity index (χ3n) is 3.42. The van der Waals surface area contributed by atoms with Crippen LogP contribution in [0.3, 0.4) is 0 Å². The molecule has 25 heavy (non-hydrogen) atoms. The second-order valence-electron chi connectivity index (χ2n) is 5.38. The third-order valence-corrected chi connectivity index (χ3v) is 4.30. The van der Waals surface area contributed by atoms with Gasteiger partial charge in [0.05, 0.1) is 5.56 Å². The molecule has 0 radical (unpaired) electrons. The maximum Gasteiger partial charge on any atom is 0.326 e. The van der Waals surface area contributed by atoms with E-state index in [0.29, 0.717) is 5.56 Å². The summed E-state index contributed by atoms with van der Waals surface area (Å²) in [5, 5.41) is 8.91. The molecular formula is C15H15N3O6S. The molecule has 2 amide bonds. The maximum absolute atomic E-state index is 11.6. The fraction of sp³-hybridized carbons (Fsp3) is 0.400. The van der Waals surface area contributed by atoms with Gasteiger partial charge in [0.15, 0.2) is 0 Å². The molecule has 9 nitrogen and oxygen atoms in total. The molecular weight excluding hydrogens is 350 g/mol. The average molecular weight is 365 g/mol. The minimum Gasteiger partial charge on any atom is -0.480 e. The van der Waals surface area contributed by atoms with Gasteiger partial charge in [0.1, 0.15) is 6.04 Å². The van der Waals surface area contributed by atoms with E-state index in [4.69, 9.17) is 0 Å². The molecule has 0 spiro atoms. The van der Waals surface area contributed by atoms with Crippen LogP contribution in [-0.2, 0) is 24.2 Å². The summed E-state index contributed by atoms with van der Waals surface area (Å²) in [5.74, 6) is 3.15. The highest BCUT2D eigenvalue weighted by atomic mass is 32.2. The first-order chi connectivity index (χ1) is 11.7. The number of aromatic nitrogens is 2. The Balaban J connectivity index is 2.01. The number of hydrogen-bond donors (Lipinski definition) is 1. The minimum atomic E-state index is -3.49. The maximum atomic E-state index is 11.6. The molecule has 132 valence electrons. The van der Waals surface area contributed by atoms with E-state index < -0.39 is 33.7 Å². The predicted octanol–water partition coefficient (Wildman–Crippen LogP) is -0.386. The molecule has 1 aliphatic heterocycles. The van der Waals surface area contributed by atoms with Crippen molar-refractivity contribution < 1.29 is 27.9 Å². The standard InChI is InChI=1S/C15H15N3O6S/c1-25(23,24)15-16-8-10(9-17-15)4-2-3-5-11(14(21)22)18-12(19)6-7-13(18)20/h8-9,11H,3,5-7H2,1H3,(H,21,22). The van der Waals surface area contributed by atoms with E-state index in [2.05, 4.69) is 21.8 Å². The van der Waals surface area contributed by atoms with Crippen LogP contribution in [-0.4, -0.2) is 58.5 Å². The van der Waals surface area contributed by atoms with Crippen LogP contribution in [0.4, 0.5) is 0 Å². The van der Waals surface area contributed by atoms with Crippen LogP contribution in [0.2, 0.25) is 0 Å². The SMILES string of the molecule is CS(=O)(=O)c1ncc(C#CCCC(C(=O)O)N2C(=O)CCC2=O)cn1. The Bertz CT molecular complexity index is 851. The molecule has 1 saturated heterocycles. The molecule has 2 heterocycles. The topological polar surface area (TPSA) is 135 Å². The van der Waals surface area contributed by atoms with Crippen LogP contribution in [0, 0.1) is 11.8 Å². The Hall–Kier alpha value is -2.80. The number of carboxylic acid groups (broad SMARTS) is 1. The van der Waals surface area contributed by atoms with Crippen LogP contribution in [0.25, 0.3) is 0 Å². The smallest absolute Gasteiger partial charge is 0.326 e. The number of aliphatic carboxylic acids is 1. The number of rotatable bonds is 5. The van der Waals surface area contributed by atoms with E-state index in [1.54, 1.807) is 0 Å². The fourth-order valence-corrected chi connectivity index (χ4v) is 2.74. The van der Waals surface area contributed by atoms with E-state index in [0.717, 1.165) is 11.2 Å². The summed E-state index contributed by atoms with van der Waals surface area (Å²) in [6, 6.07) is -1.24. The van der Waals surface area contributed by atoms with Gasteiger partial charge in [-0.05, 0) is 6.42 Å². The molecule has 10 heteroatoms. The van der Waals surface area contributed by atoms with Gasteiger partial charge in [0.2, 0.25) is 26.8 Å². The lowest BCUT2D eigenvalue weighted by molar-refractivity contribution is -0.154. The summed E-state index contributed by atoms with van der Waals surface area (Å²) in [6.07, 6.45) is 3.67. The number of nitrogens with zero attached hydrogens (tertiary/aromatic N) is 3. The van der Waals surface area contributed by atoms with E-state index in [1.807, 2.05) is 0 Å². The number of hydrogen-bond acceptors (Lipinski definition) is 7. The first-order valence-corrected chi connectivity index (χ1v) is 9.18. The lowest BCUT2D eigenvalue weighted by atomic mass is 10.1. The lowest BCUT2D eigenvalue weighted by Crippen LogP contribution is -2.44. The molecule has 0 saturated carbocycles. The molecule has 1 atom stereocenters. The van der Waals surface area contributed by atoms with Crippen molar-refractivity contribution in [1.29, 1.82) is 0 Å². The summed E-state index contributed by atoms with van der Waals surface area (Å²) >= 11 is 0. The molecule has 0 aromatic carbocycles. The van der Waals surface area contributed by atoms with Crippen molar-refractivity contribution in [3.05, 3.63) is 18.0 Å². The summed E-state index contributed by atoms with van der Waals surface area (Å²) < 4.78 is 22.5. The zero-order chi connectivity index (χ0) is 18.6. The predicted molar refractivity (Wildman–Crippen MR) is 83.8 cm³/mol. The Morgan fingerprint density at radius 1 is 1.28 bits per heavy atom. The summed E-state index contributed by atoms with van der Waals surface area (Å²) in [6.45, 7) is 0. The zero-order valence-corrected chi connectivity index (χ0v) is 14.1. The largest absolute Gasteiger partial charge is 0.480 e. The van der Waals surface area contributed by atoms with E-state index in [9.17, 15) is 27.9 Å². The van der Waals surface area contributed by atoms with Gasteiger partial charge in [-0.25, -0.2) is 23.2 Å². The summed E-state index contributed by atoms with van der Waals surface area (Å²) in [5.41, 5.74) is 0.368. The molecule has 1 N–H and O–H groups in total. The molecule has 2 rings (SSSR count). The summed E-state index contributed by atoms with van der Waals surface area (Å²) in [4.78, 5) is 42.7. The van der Waals surface area contributed by atoms with Crippen LogP contribution in [0.5, 0.6) is 0 Å². The molecule has 1 aliphatic rings. The Labute approximate surface area is 144 Å². The highest BCUT2D eigenvalue weighted by molar-refractivity contribution is 7.90. The molecule has 1 fully saturated rings. The van der Waals surface area contributed by atoms with Crippen LogP contribution in [0.1, 0.15) is 31.2 Å². The van der Waals surface area contributed by atoms with Gasteiger partial charge in [0, 0.05) is 37.9 Å². The van der Waals surface area contributed by atoms with Gasteiger partial charge in [0.25, 0.3) is 0 Å². The molecule has 0 bridgehead atoms. The van der Waals surface area contributed by atoms with Crippen LogP contribution in [0.15, 0.2) is 17.6 Å². The number of carboxylic acids is 1. The Morgan fingerprint density at radius 3 is 2.32 bits per heavy atom. The Kier molecular flexibility index (Phi) is 5.48. The number of sulfone groups is 1. The zero-order valence-electron chi connectivity index (χ0n) is 13.3. The number of carbonyl (C=O) groups excluding carboxylic acids is 2. The first kappa shape index (κ1) is 18.5. The van der Waals surface area contributed by atoms with Crippen molar-refractivity contribution in [1.82, 2.24) is 14.9 Å². The average Bonchev–Trinajstić information content (AvgIpc) is 2.86. The van der Waals surface area contributed by atoms with Crippen molar-refractivity contribution in [2.24, 2.45) is 0 Å². The van der Waals surface area contributed by atoms with Crippen molar-refractivity contribution >= 4 is 27.6 Å². The second-order valence-corrected chi connectivity index (χ2v) is 7.29. The highest BCUT2D eigenvalue weighted by Crippen LogP contribution is 2.18. The third kappa shape index (κ3) is 4.60. The minimum absolute atomic E-state index is 0.00208. The lowest BCUT2D eigenvalue weighted by Gasteiger charge is -2.21. The highest BCUT2D eigenvalue weighted by Gasteiger charge is 2.38. The van der Waals surface area contributed by atoms with Gasteiger partial charge in [-0.15, -0.1) is 0 Å². The van der Waals surface area contributed by atoms with Crippen LogP contribution < -0.4 is 0 Å². The summed E-state index contributed by atoms with van der Waals surface area (Å²) in [7, 11) is -3.49. The van der Waals surface area contributed by atoms with Crippen molar-refractivity contribution in [3.63, 3.8) is 0 Å². The molecule has 1 aromatic rings. The van der Waals surface area contributed by atoms with Crippen molar-refractivity contribution in [3.8, 4) is 11.8 Å². The number of carbonyl (C=O) groups is 3. The molecule has 1 unspecified atom stereocenters. The monoisotopic (exact) mass is 365 g/mol. The van der Waals surface area contributed by atoms with E-state index in [-0.39, 0.29) is 30.8 Å². The van der Waals surface area contributed by atoms with Gasteiger partial charge in [-0.2, -0.15) is 0 Å². The first-order valence-electron chi connectivity index (χ1n) is 7.29. The number of likely N-dealkylation sites (tertiary alicyclic amines) is 1. The second kappa shape index (κ2) is 7.40. The van der Waals surface area contributed by atoms with Crippen molar-refractivity contribution in [2.75, 3.05) is 6.26 Å². The van der Waals surface area contributed by atoms with Gasteiger partial charge in [-0.3, -0.25) is 14.5 Å². The van der Waals surface area contributed by atoms with Crippen LogP contribution >= 0.6 is 0 Å². The van der Waals surface area contributed by atoms with E-state index in [1.165, 1.54) is 12.4 Å². The number of amides is 2. The fourth-order valence-electron chi connectivity index (χ4n) is 2.25. The van der Waals surface area contributed by atoms with E-state index >= 15 is 0 Å². The Morgan fingerprint density at radius 2 is 1.84 bits per heavy atom. The molecule has 0 aliphatic carbocycles. The quantitative estimate of drug-likeness (QED) is 0.424. The normalized spacial score (nSPS) is 15.6. The van der Waals surface area contributed by atoms with Gasteiger partial charge < -0.3 is 5.11 Å².